The Balaban J connectivity index is 2.00. The molecule has 0 bridgehead atoms. The summed E-state index contributed by atoms with van der Waals surface area (Å²) in [4.78, 5) is 2.50. The first-order valence-corrected chi connectivity index (χ1v) is 7.05. The predicted molar refractivity (Wildman–Crippen MR) is 79.4 cm³/mol. The van der Waals surface area contributed by atoms with Crippen LogP contribution in [0.2, 0.25) is 0 Å². The highest BCUT2D eigenvalue weighted by molar-refractivity contribution is 5.67. The molecule has 0 amide bonds. The van der Waals surface area contributed by atoms with Gasteiger partial charge in [0.25, 0.3) is 0 Å². The molecule has 3 heteroatoms. The van der Waals surface area contributed by atoms with E-state index in [0.717, 1.165) is 5.69 Å². The second-order valence-electron chi connectivity index (χ2n) is 5.61. The molecule has 1 aliphatic rings. The molecular formula is C16H21N3. The Morgan fingerprint density at radius 3 is 2.74 bits per heavy atom. The molecule has 1 aliphatic heterocycles. The molecule has 3 rings (SSSR count). The first kappa shape index (κ1) is 12.3. The molecule has 1 aromatic heterocycles. The van der Waals surface area contributed by atoms with Crippen molar-refractivity contribution < 1.29 is 0 Å². The third-order valence-corrected chi connectivity index (χ3v) is 3.87. The molecule has 0 unspecified atom stereocenters. The third-order valence-electron chi connectivity index (χ3n) is 3.87. The topological polar surface area (TPSA) is 21.1 Å². The van der Waals surface area contributed by atoms with Crippen molar-refractivity contribution in [2.75, 3.05) is 11.4 Å². The molecule has 0 fully saturated rings. The van der Waals surface area contributed by atoms with E-state index in [1.807, 2.05) is 17.9 Å². The van der Waals surface area contributed by atoms with Crippen molar-refractivity contribution in [2.24, 2.45) is 7.05 Å². The van der Waals surface area contributed by atoms with Crippen molar-refractivity contribution >= 4 is 5.69 Å². The van der Waals surface area contributed by atoms with Crippen LogP contribution in [0.1, 0.15) is 25.8 Å². The van der Waals surface area contributed by atoms with Gasteiger partial charge in [-0.15, -0.1) is 0 Å². The Morgan fingerprint density at radius 2 is 2.05 bits per heavy atom. The Kier molecular flexibility index (Phi) is 3.05. The third kappa shape index (κ3) is 2.25. The van der Waals surface area contributed by atoms with Crippen molar-refractivity contribution in [2.45, 2.75) is 32.7 Å². The summed E-state index contributed by atoms with van der Waals surface area (Å²) in [6, 6.07) is 9.41. The molecule has 2 aromatic rings. The van der Waals surface area contributed by atoms with Gasteiger partial charge in [-0.3, -0.25) is 4.68 Å². The minimum absolute atomic E-state index is 0.569. The van der Waals surface area contributed by atoms with E-state index in [1.54, 1.807) is 0 Å². The lowest BCUT2D eigenvalue weighted by atomic mass is 9.97. The normalized spacial score (nSPS) is 14.8. The van der Waals surface area contributed by atoms with Crippen molar-refractivity contribution in [3.05, 3.63) is 36.0 Å². The van der Waals surface area contributed by atoms with Crippen LogP contribution in [0, 0.1) is 0 Å². The number of anilines is 1. The molecule has 2 heterocycles. The first-order valence-electron chi connectivity index (χ1n) is 7.05. The van der Waals surface area contributed by atoms with Gasteiger partial charge in [0.15, 0.2) is 0 Å². The van der Waals surface area contributed by atoms with Crippen LogP contribution in [-0.2, 0) is 13.5 Å². The van der Waals surface area contributed by atoms with E-state index < -0.39 is 0 Å². The molecule has 0 saturated carbocycles. The predicted octanol–water partition coefficient (Wildman–Crippen LogP) is 3.25. The maximum atomic E-state index is 4.49. The van der Waals surface area contributed by atoms with Crippen LogP contribution in [0.15, 0.2) is 30.5 Å². The second kappa shape index (κ2) is 4.72. The fourth-order valence-corrected chi connectivity index (χ4v) is 2.89. The molecule has 0 saturated heterocycles. The van der Waals surface area contributed by atoms with Gasteiger partial charge in [-0.1, -0.05) is 6.07 Å². The highest BCUT2D eigenvalue weighted by Gasteiger charge is 2.19. The van der Waals surface area contributed by atoms with Crippen molar-refractivity contribution in [1.82, 2.24) is 9.78 Å². The number of benzene rings is 1. The number of rotatable bonds is 2. The van der Waals surface area contributed by atoms with E-state index in [9.17, 15) is 0 Å². The maximum Gasteiger partial charge on any atom is 0.0923 e. The summed E-state index contributed by atoms with van der Waals surface area (Å²) in [5.74, 6) is 0. The number of hydrogen-bond donors (Lipinski definition) is 0. The zero-order valence-corrected chi connectivity index (χ0v) is 11.9. The number of hydrogen-bond acceptors (Lipinski definition) is 2. The fourth-order valence-electron chi connectivity index (χ4n) is 2.89. The van der Waals surface area contributed by atoms with Gasteiger partial charge in [0.05, 0.1) is 5.69 Å². The summed E-state index contributed by atoms with van der Waals surface area (Å²) in [6.07, 6.45) is 4.42. The number of nitrogens with zero attached hydrogens (tertiary/aromatic N) is 3. The van der Waals surface area contributed by atoms with E-state index >= 15 is 0 Å². The van der Waals surface area contributed by atoms with Gasteiger partial charge in [-0.05, 0) is 50.5 Å². The zero-order chi connectivity index (χ0) is 13.4. The summed E-state index contributed by atoms with van der Waals surface area (Å²) >= 11 is 0. The Labute approximate surface area is 114 Å². The van der Waals surface area contributed by atoms with E-state index in [1.165, 1.54) is 36.2 Å². The van der Waals surface area contributed by atoms with Crippen LogP contribution >= 0.6 is 0 Å². The molecule has 0 aliphatic carbocycles. The molecular weight excluding hydrogens is 234 g/mol. The number of aromatic nitrogens is 2. The second-order valence-corrected chi connectivity index (χ2v) is 5.61. The summed E-state index contributed by atoms with van der Waals surface area (Å²) < 4.78 is 1.86. The smallest absolute Gasteiger partial charge is 0.0923 e. The molecule has 19 heavy (non-hydrogen) atoms. The van der Waals surface area contributed by atoms with Gasteiger partial charge in [0.2, 0.25) is 0 Å². The number of fused-ring (bicyclic) bond motifs is 1. The molecule has 0 spiro atoms. The van der Waals surface area contributed by atoms with Gasteiger partial charge < -0.3 is 4.90 Å². The summed E-state index contributed by atoms with van der Waals surface area (Å²) in [5.41, 5.74) is 5.15. The van der Waals surface area contributed by atoms with Gasteiger partial charge in [0.1, 0.15) is 0 Å². The Morgan fingerprint density at radius 1 is 1.21 bits per heavy atom. The molecule has 3 nitrogen and oxygen atoms in total. The van der Waals surface area contributed by atoms with E-state index in [4.69, 9.17) is 0 Å². The summed E-state index contributed by atoms with van der Waals surface area (Å²) in [5, 5.41) is 4.49. The summed E-state index contributed by atoms with van der Waals surface area (Å²) in [6.45, 7) is 5.71. The highest BCUT2D eigenvalue weighted by Crippen LogP contribution is 2.32. The lowest BCUT2D eigenvalue weighted by Gasteiger charge is -2.34. The van der Waals surface area contributed by atoms with Crippen LogP contribution in [0.4, 0.5) is 5.69 Å². The van der Waals surface area contributed by atoms with Gasteiger partial charge in [-0.25, -0.2) is 0 Å². The first-order chi connectivity index (χ1) is 9.15. The monoisotopic (exact) mass is 255 g/mol. The highest BCUT2D eigenvalue weighted by atomic mass is 15.2. The van der Waals surface area contributed by atoms with Crippen molar-refractivity contribution in [3.63, 3.8) is 0 Å². The zero-order valence-electron chi connectivity index (χ0n) is 11.9. The minimum Gasteiger partial charge on any atom is -0.369 e. The van der Waals surface area contributed by atoms with Crippen LogP contribution < -0.4 is 4.90 Å². The lowest BCUT2D eigenvalue weighted by molar-refractivity contribution is 0.626. The van der Waals surface area contributed by atoms with Crippen LogP contribution in [0.25, 0.3) is 11.3 Å². The standard InChI is InChI=1S/C16H21N3/c1-12(2)19-9-4-5-14-11-13(6-7-16(14)19)15-8-10-18(3)17-15/h6-8,10-12H,4-5,9H2,1-3H3. The van der Waals surface area contributed by atoms with Gasteiger partial charge in [-0.2, -0.15) is 5.10 Å². The SMILES string of the molecule is CC(C)N1CCCc2cc(-c3ccn(C)n3)ccc21. The molecule has 0 atom stereocenters. The van der Waals surface area contributed by atoms with E-state index in [-0.39, 0.29) is 0 Å². The Bertz CT molecular complexity index is 583. The van der Waals surface area contributed by atoms with E-state index in [0.29, 0.717) is 6.04 Å². The quantitative estimate of drug-likeness (QED) is 0.821. The minimum atomic E-state index is 0.569. The van der Waals surface area contributed by atoms with Crippen molar-refractivity contribution in [1.29, 1.82) is 0 Å². The molecule has 0 radical (unpaired) electrons. The molecule has 100 valence electrons. The van der Waals surface area contributed by atoms with Crippen molar-refractivity contribution in [3.8, 4) is 11.3 Å². The van der Waals surface area contributed by atoms with Crippen LogP contribution in [0.5, 0.6) is 0 Å². The summed E-state index contributed by atoms with van der Waals surface area (Å²) in [7, 11) is 1.96. The van der Waals surface area contributed by atoms with Crippen LogP contribution in [-0.4, -0.2) is 22.4 Å². The molecule has 1 aromatic carbocycles. The maximum absolute atomic E-state index is 4.49. The average Bonchev–Trinajstić information content (AvgIpc) is 2.84. The fraction of sp³-hybridized carbons (Fsp3) is 0.438. The Hall–Kier alpha value is -1.77. The van der Waals surface area contributed by atoms with E-state index in [2.05, 4.69) is 48.1 Å². The van der Waals surface area contributed by atoms with Gasteiger partial charge in [0, 0.05) is 37.1 Å². The lowest BCUT2D eigenvalue weighted by Crippen LogP contribution is -2.35. The largest absolute Gasteiger partial charge is 0.369 e. The molecule has 0 N–H and O–H groups in total. The van der Waals surface area contributed by atoms with Gasteiger partial charge >= 0.3 is 0 Å². The number of aryl methyl sites for hydroxylation is 2. The van der Waals surface area contributed by atoms with Crippen LogP contribution in [0.3, 0.4) is 0 Å². The average molecular weight is 255 g/mol.